The van der Waals surface area contributed by atoms with Crippen molar-refractivity contribution in [2.45, 2.75) is 39.7 Å². The van der Waals surface area contributed by atoms with E-state index in [0.29, 0.717) is 6.42 Å². The van der Waals surface area contributed by atoms with Gasteiger partial charge in [0.25, 0.3) is 0 Å². The van der Waals surface area contributed by atoms with Gasteiger partial charge in [-0.1, -0.05) is 0 Å². The summed E-state index contributed by atoms with van der Waals surface area (Å²) in [7, 11) is 0. The second kappa shape index (κ2) is 4.34. The molecule has 0 aliphatic carbocycles. The van der Waals surface area contributed by atoms with Gasteiger partial charge in [0.1, 0.15) is 0 Å². The van der Waals surface area contributed by atoms with Crippen molar-refractivity contribution in [1.82, 2.24) is 5.43 Å². The van der Waals surface area contributed by atoms with Crippen LogP contribution in [0.1, 0.15) is 34.1 Å². The number of rotatable bonds is 4. The van der Waals surface area contributed by atoms with E-state index in [0.717, 1.165) is 12.3 Å². The summed E-state index contributed by atoms with van der Waals surface area (Å²) in [5.74, 6) is 0. The van der Waals surface area contributed by atoms with Crippen molar-refractivity contribution in [3.05, 3.63) is 0 Å². The first kappa shape index (κ1) is 10.4. The van der Waals surface area contributed by atoms with Crippen molar-refractivity contribution in [2.24, 2.45) is 5.10 Å². The average Bonchev–Trinajstić information content (AvgIpc) is 1.79. The third-order valence-corrected chi connectivity index (χ3v) is 1.12. The zero-order valence-corrected chi connectivity index (χ0v) is 7.81. The summed E-state index contributed by atoms with van der Waals surface area (Å²) in [5.41, 5.74) is 3.13. The van der Waals surface area contributed by atoms with Crippen molar-refractivity contribution >= 4 is 5.71 Å². The van der Waals surface area contributed by atoms with Crippen LogP contribution in [0.2, 0.25) is 0 Å². The lowest BCUT2D eigenvalue weighted by Crippen LogP contribution is -2.23. The van der Waals surface area contributed by atoms with Crippen LogP contribution in [0.4, 0.5) is 0 Å². The van der Waals surface area contributed by atoms with Gasteiger partial charge >= 0.3 is 0 Å². The quantitative estimate of drug-likeness (QED) is 0.476. The van der Waals surface area contributed by atoms with Gasteiger partial charge in [-0.2, -0.15) is 5.10 Å². The van der Waals surface area contributed by atoms with Gasteiger partial charge in [0.2, 0.25) is 0 Å². The Morgan fingerprint density at radius 2 is 2.09 bits per heavy atom. The number of hydrogen-bond donors (Lipinski definition) is 2. The zero-order valence-electron chi connectivity index (χ0n) is 7.81. The first-order valence-corrected chi connectivity index (χ1v) is 3.94. The molecule has 0 atom stereocenters. The molecule has 2 N–H and O–H groups in total. The van der Waals surface area contributed by atoms with E-state index in [-0.39, 0.29) is 0 Å². The molecule has 0 amide bonds. The van der Waals surface area contributed by atoms with E-state index in [1.54, 1.807) is 13.8 Å². The van der Waals surface area contributed by atoms with E-state index in [4.69, 9.17) is 0 Å². The Kier molecular flexibility index (Phi) is 4.11. The van der Waals surface area contributed by atoms with Gasteiger partial charge in [-0.05, 0) is 27.7 Å². The number of aliphatic hydroxyl groups is 1. The van der Waals surface area contributed by atoms with Gasteiger partial charge < -0.3 is 10.5 Å². The average molecular weight is 158 g/mol. The molecule has 0 heterocycles. The summed E-state index contributed by atoms with van der Waals surface area (Å²) >= 11 is 0. The minimum Gasteiger partial charge on any atom is -0.390 e. The number of nitrogens with zero attached hydrogens (tertiary/aromatic N) is 1. The minimum atomic E-state index is -0.650. The van der Waals surface area contributed by atoms with E-state index >= 15 is 0 Å². The standard InChI is InChI=1S/C8H18N2O/c1-5-9-10-7(2)6-8(3,4)11/h9,11H,5-6H2,1-4H3/b10-7+. The topological polar surface area (TPSA) is 44.6 Å². The molecule has 3 heteroatoms. The van der Waals surface area contributed by atoms with Gasteiger partial charge in [0.05, 0.1) is 5.60 Å². The third-order valence-electron chi connectivity index (χ3n) is 1.12. The highest BCUT2D eigenvalue weighted by Crippen LogP contribution is 2.07. The van der Waals surface area contributed by atoms with E-state index in [1.165, 1.54) is 0 Å². The van der Waals surface area contributed by atoms with Crippen LogP contribution in [0.15, 0.2) is 5.10 Å². The lowest BCUT2D eigenvalue weighted by atomic mass is 10.0. The molecule has 3 nitrogen and oxygen atoms in total. The van der Waals surface area contributed by atoms with Crippen molar-refractivity contribution in [2.75, 3.05) is 6.54 Å². The maximum Gasteiger partial charge on any atom is 0.0644 e. The molecule has 0 aliphatic rings. The Hall–Kier alpha value is -0.570. The fraction of sp³-hybridized carbons (Fsp3) is 0.875. The Balaban J connectivity index is 3.76. The molecule has 0 unspecified atom stereocenters. The molecule has 0 aliphatic heterocycles. The van der Waals surface area contributed by atoms with Crippen LogP contribution in [0.5, 0.6) is 0 Å². The van der Waals surface area contributed by atoms with Crippen molar-refractivity contribution < 1.29 is 5.11 Å². The highest BCUT2D eigenvalue weighted by molar-refractivity contribution is 5.82. The molecule has 0 aromatic carbocycles. The fourth-order valence-corrected chi connectivity index (χ4v) is 0.880. The van der Waals surface area contributed by atoms with Crippen LogP contribution in [0.25, 0.3) is 0 Å². The van der Waals surface area contributed by atoms with E-state index in [1.807, 2.05) is 13.8 Å². The summed E-state index contributed by atoms with van der Waals surface area (Å²) < 4.78 is 0. The van der Waals surface area contributed by atoms with Gasteiger partial charge in [-0.3, -0.25) is 0 Å². The van der Waals surface area contributed by atoms with Gasteiger partial charge in [0, 0.05) is 18.7 Å². The molecular formula is C8H18N2O. The molecule has 0 aromatic heterocycles. The van der Waals surface area contributed by atoms with Crippen LogP contribution < -0.4 is 5.43 Å². The van der Waals surface area contributed by atoms with E-state index in [2.05, 4.69) is 10.5 Å². The van der Waals surface area contributed by atoms with Crippen LogP contribution in [-0.4, -0.2) is 23.0 Å². The maximum atomic E-state index is 9.38. The Bertz CT molecular complexity index is 136. The molecular weight excluding hydrogens is 140 g/mol. The maximum absolute atomic E-state index is 9.38. The molecule has 0 saturated carbocycles. The smallest absolute Gasteiger partial charge is 0.0644 e. The first-order valence-electron chi connectivity index (χ1n) is 3.94. The number of nitrogens with one attached hydrogen (secondary N) is 1. The largest absolute Gasteiger partial charge is 0.390 e. The third kappa shape index (κ3) is 7.33. The Morgan fingerprint density at radius 1 is 1.55 bits per heavy atom. The van der Waals surface area contributed by atoms with Gasteiger partial charge in [-0.15, -0.1) is 0 Å². The second-order valence-corrected chi connectivity index (χ2v) is 3.35. The predicted octanol–water partition coefficient (Wildman–Crippen LogP) is 1.13. The lowest BCUT2D eigenvalue weighted by molar-refractivity contribution is 0.0883. The van der Waals surface area contributed by atoms with Crippen molar-refractivity contribution in [3.8, 4) is 0 Å². The summed E-state index contributed by atoms with van der Waals surface area (Å²) in [5, 5.41) is 13.4. The fourth-order valence-electron chi connectivity index (χ4n) is 0.880. The molecule has 0 radical (unpaired) electrons. The minimum absolute atomic E-state index is 0.611. The second-order valence-electron chi connectivity index (χ2n) is 3.35. The van der Waals surface area contributed by atoms with Crippen LogP contribution in [-0.2, 0) is 0 Å². The highest BCUT2D eigenvalue weighted by Gasteiger charge is 2.13. The van der Waals surface area contributed by atoms with Gasteiger partial charge in [0.15, 0.2) is 0 Å². The highest BCUT2D eigenvalue weighted by atomic mass is 16.3. The SMILES string of the molecule is CCN/N=C(\C)CC(C)(C)O. The molecule has 11 heavy (non-hydrogen) atoms. The molecule has 0 bridgehead atoms. The Morgan fingerprint density at radius 3 is 2.45 bits per heavy atom. The summed E-state index contributed by atoms with van der Waals surface area (Å²) in [4.78, 5) is 0. The summed E-state index contributed by atoms with van der Waals surface area (Å²) in [6.45, 7) is 8.26. The lowest BCUT2D eigenvalue weighted by Gasteiger charge is -2.16. The summed E-state index contributed by atoms with van der Waals surface area (Å²) in [6.07, 6.45) is 0.611. The van der Waals surface area contributed by atoms with Gasteiger partial charge in [-0.25, -0.2) is 0 Å². The van der Waals surface area contributed by atoms with Crippen molar-refractivity contribution in [1.29, 1.82) is 0 Å². The Labute approximate surface area is 68.5 Å². The van der Waals surface area contributed by atoms with Crippen LogP contribution in [0.3, 0.4) is 0 Å². The zero-order chi connectivity index (χ0) is 8.91. The van der Waals surface area contributed by atoms with Crippen LogP contribution in [0, 0.1) is 0 Å². The molecule has 0 aromatic rings. The monoisotopic (exact) mass is 158 g/mol. The summed E-state index contributed by atoms with van der Waals surface area (Å²) in [6, 6.07) is 0. The molecule has 0 fully saturated rings. The molecule has 0 spiro atoms. The molecule has 0 rings (SSSR count). The molecule has 0 saturated heterocycles. The number of hydrazone groups is 1. The van der Waals surface area contributed by atoms with Crippen molar-refractivity contribution in [3.63, 3.8) is 0 Å². The predicted molar refractivity (Wildman–Crippen MR) is 47.7 cm³/mol. The van der Waals surface area contributed by atoms with E-state index in [9.17, 15) is 5.11 Å². The molecule has 66 valence electrons. The number of hydrogen-bond acceptors (Lipinski definition) is 3. The van der Waals surface area contributed by atoms with E-state index < -0.39 is 5.60 Å². The van der Waals surface area contributed by atoms with Crippen LogP contribution >= 0.6 is 0 Å². The first-order chi connectivity index (χ1) is 4.95. The normalized spacial score (nSPS) is 13.4.